The number of benzene rings is 1. The zero-order valence-corrected chi connectivity index (χ0v) is 13.2. The zero-order valence-electron chi connectivity index (χ0n) is 13.2. The van der Waals surface area contributed by atoms with Crippen molar-refractivity contribution in [1.82, 2.24) is 9.80 Å². The van der Waals surface area contributed by atoms with Gasteiger partial charge in [0.1, 0.15) is 0 Å². The minimum absolute atomic E-state index is 0.168. The highest BCUT2D eigenvalue weighted by Crippen LogP contribution is 2.18. The molecule has 1 aromatic carbocycles. The number of hydrogen-bond donors (Lipinski definition) is 1. The van der Waals surface area contributed by atoms with Gasteiger partial charge in [0.2, 0.25) is 0 Å². The van der Waals surface area contributed by atoms with Crippen LogP contribution in [0, 0.1) is 0 Å². The van der Waals surface area contributed by atoms with Crippen molar-refractivity contribution in [3.8, 4) is 0 Å². The summed E-state index contributed by atoms with van der Waals surface area (Å²) in [6.45, 7) is 5.60. The highest BCUT2D eigenvalue weighted by atomic mass is 16.2. The predicted octanol–water partition coefficient (Wildman–Crippen LogP) is 1.74. The fourth-order valence-corrected chi connectivity index (χ4v) is 3.12. The van der Waals surface area contributed by atoms with Crippen molar-refractivity contribution < 1.29 is 4.79 Å². The lowest BCUT2D eigenvalue weighted by Gasteiger charge is -2.31. The van der Waals surface area contributed by atoms with Crippen LogP contribution in [0.4, 0.5) is 0 Å². The molecule has 1 heterocycles. The number of carbonyl (C=O) groups is 1. The van der Waals surface area contributed by atoms with Gasteiger partial charge in [0.05, 0.1) is 0 Å². The summed E-state index contributed by atoms with van der Waals surface area (Å²) in [7, 11) is 2.14. The first-order chi connectivity index (χ1) is 10.2. The first-order valence-corrected chi connectivity index (χ1v) is 7.94. The van der Waals surface area contributed by atoms with Crippen LogP contribution in [0.3, 0.4) is 0 Å². The van der Waals surface area contributed by atoms with Gasteiger partial charge in [-0.3, -0.25) is 4.79 Å². The molecule has 4 heteroatoms. The van der Waals surface area contributed by atoms with E-state index in [1.54, 1.807) is 0 Å². The Bertz CT molecular complexity index is 475. The molecular formula is C17H27N3O. The van der Waals surface area contributed by atoms with E-state index in [1.165, 1.54) is 0 Å². The van der Waals surface area contributed by atoms with Crippen LogP contribution in [0.2, 0.25) is 0 Å². The van der Waals surface area contributed by atoms with Gasteiger partial charge in [-0.15, -0.1) is 0 Å². The number of nitrogens with zero attached hydrogens (tertiary/aromatic N) is 2. The summed E-state index contributed by atoms with van der Waals surface area (Å²) in [6.07, 6.45) is 2.79. The standard InChI is InChI=1S/C17H27N3O/c1-3-15-13-19(2)11-6-12-20(15)17(21)16-8-5-4-7-14(16)9-10-18/h4-5,7-8,15H,3,6,9-13,18H2,1-2H3. The maximum Gasteiger partial charge on any atom is 0.254 e. The third-order valence-electron chi connectivity index (χ3n) is 4.30. The second-order valence-corrected chi connectivity index (χ2v) is 5.87. The second kappa shape index (κ2) is 7.57. The molecule has 0 aliphatic carbocycles. The third kappa shape index (κ3) is 3.83. The molecule has 0 spiro atoms. The van der Waals surface area contributed by atoms with E-state index >= 15 is 0 Å². The smallest absolute Gasteiger partial charge is 0.254 e. The quantitative estimate of drug-likeness (QED) is 0.918. The highest BCUT2D eigenvalue weighted by molar-refractivity contribution is 5.96. The van der Waals surface area contributed by atoms with Crippen molar-refractivity contribution in [3.05, 3.63) is 35.4 Å². The van der Waals surface area contributed by atoms with Crippen molar-refractivity contribution in [3.63, 3.8) is 0 Å². The molecule has 1 saturated heterocycles. The molecule has 0 saturated carbocycles. The molecule has 1 atom stereocenters. The number of rotatable bonds is 4. The average molecular weight is 289 g/mol. The molecule has 2 N–H and O–H groups in total. The Balaban J connectivity index is 2.25. The maximum absolute atomic E-state index is 13.0. The summed E-state index contributed by atoms with van der Waals surface area (Å²) in [4.78, 5) is 17.4. The van der Waals surface area contributed by atoms with Crippen LogP contribution in [-0.2, 0) is 6.42 Å². The van der Waals surface area contributed by atoms with E-state index in [9.17, 15) is 4.79 Å². The van der Waals surface area contributed by atoms with Gasteiger partial charge in [-0.1, -0.05) is 25.1 Å². The molecule has 4 nitrogen and oxygen atoms in total. The van der Waals surface area contributed by atoms with Crippen LogP contribution in [0.25, 0.3) is 0 Å². The first kappa shape index (κ1) is 16.0. The maximum atomic E-state index is 13.0. The van der Waals surface area contributed by atoms with Gasteiger partial charge in [-0.2, -0.15) is 0 Å². The molecule has 2 rings (SSSR count). The van der Waals surface area contributed by atoms with Crippen LogP contribution in [0.15, 0.2) is 24.3 Å². The van der Waals surface area contributed by atoms with Gasteiger partial charge in [-0.05, 0) is 51.0 Å². The molecule has 0 bridgehead atoms. The molecule has 0 aromatic heterocycles. The molecule has 21 heavy (non-hydrogen) atoms. The van der Waals surface area contributed by atoms with E-state index in [-0.39, 0.29) is 5.91 Å². The average Bonchev–Trinajstić information content (AvgIpc) is 2.68. The van der Waals surface area contributed by atoms with Gasteiger partial charge in [0, 0.05) is 24.7 Å². The number of nitrogens with two attached hydrogens (primary N) is 1. The van der Waals surface area contributed by atoms with Gasteiger partial charge in [-0.25, -0.2) is 0 Å². The summed E-state index contributed by atoms with van der Waals surface area (Å²) in [6, 6.07) is 8.18. The van der Waals surface area contributed by atoms with Crippen molar-refractivity contribution in [2.75, 3.05) is 33.2 Å². The largest absolute Gasteiger partial charge is 0.334 e. The topological polar surface area (TPSA) is 49.6 Å². The SMILES string of the molecule is CCC1CN(C)CCCN1C(=O)c1ccccc1CCN. The summed E-state index contributed by atoms with van der Waals surface area (Å²) in [5, 5.41) is 0. The Morgan fingerprint density at radius 3 is 2.81 bits per heavy atom. The van der Waals surface area contributed by atoms with Crippen molar-refractivity contribution in [2.24, 2.45) is 5.73 Å². The van der Waals surface area contributed by atoms with Crippen molar-refractivity contribution >= 4 is 5.91 Å². The van der Waals surface area contributed by atoms with E-state index in [0.29, 0.717) is 12.6 Å². The van der Waals surface area contributed by atoms with Gasteiger partial charge in [0.25, 0.3) is 5.91 Å². The molecule has 1 aliphatic heterocycles. The fraction of sp³-hybridized carbons (Fsp3) is 0.588. The minimum atomic E-state index is 0.168. The van der Waals surface area contributed by atoms with Crippen molar-refractivity contribution in [2.45, 2.75) is 32.2 Å². The molecular weight excluding hydrogens is 262 g/mol. The minimum Gasteiger partial charge on any atom is -0.334 e. The molecule has 1 aromatic rings. The highest BCUT2D eigenvalue weighted by Gasteiger charge is 2.27. The summed E-state index contributed by atoms with van der Waals surface area (Å²) >= 11 is 0. The van der Waals surface area contributed by atoms with Crippen LogP contribution in [0.5, 0.6) is 0 Å². The van der Waals surface area contributed by atoms with E-state index < -0.39 is 0 Å². The number of hydrogen-bond acceptors (Lipinski definition) is 3. The van der Waals surface area contributed by atoms with E-state index in [1.807, 2.05) is 24.3 Å². The van der Waals surface area contributed by atoms with E-state index in [4.69, 9.17) is 5.73 Å². The van der Waals surface area contributed by atoms with Crippen LogP contribution in [0.1, 0.15) is 35.7 Å². The van der Waals surface area contributed by atoms with Gasteiger partial charge < -0.3 is 15.5 Å². The molecule has 1 aliphatic rings. The molecule has 1 fully saturated rings. The number of carbonyl (C=O) groups excluding carboxylic acids is 1. The molecule has 1 amide bonds. The monoisotopic (exact) mass is 289 g/mol. The molecule has 1 unspecified atom stereocenters. The summed E-state index contributed by atoms with van der Waals surface area (Å²) < 4.78 is 0. The fourth-order valence-electron chi connectivity index (χ4n) is 3.12. The van der Waals surface area contributed by atoms with E-state index in [0.717, 1.165) is 50.0 Å². The third-order valence-corrected chi connectivity index (χ3v) is 4.30. The molecule has 116 valence electrons. The van der Waals surface area contributed by atoms with Gasteiger partial charge >= 0.3 is 0 Å². The Hall–Kier alpha value is -1.39. The van der Waals surface area contributed by atoms with Crippen molar-refractivity contribution in [1.29, 1.82) is 0 Å². The Morgan fingerprint density at radius 2 is 2.10 bits per heavy atom. The lowest BCUT2D eigenvalue weighted by molar-refractivity contribution is 0.0674. The lowest BCUT2D eigenvalue weighted by atomic mass is 10.0. The number of amides is 1. The Labute approximate surface area is 127 Å². The zero-order chi connectivity index (χ0) is 15.2. The lowest BCUT2D eigenvalue weighted by Crippen LogP contribution is -2.43. The molecule has 0 radical (unpaired) electrons. The predicted molar refractivity (Wildman–Crippen MR) is 86.4 cm³/mol. The second-order valence-electron chi connectivity index (χ2n) is 5.87. The Kier molecular flexibility index (Phi) is 5.76. The van der Waals surface area contributed by atoms with Crippen LogP contribution in [-0.4, -0.2) is 55.0 Å². The van der Waals surface area contributed by atoms with E-state index in [2.05, 4.69) is 23.8 Å². The normalized spacial score (nSPS) is 20.3. The summed E-state index contributed by atoms with van der Waals surface area (Å²) in [5.74, 6) is 0.168. The van der Waals surface area contributed by atoms with Crippen LogP contribution >= 0.6 is 0 Å². The Morgan fingerprint density at radius 1 is 1.33 bits per heavy atom. The van der Waals surface area contributed by atoms with Crippen LogP contribution < -0.4 is 5.73 Å². The first-order valence-electron chi connectivity index (χ1n) is 7.94. The summed E-state index contributed by atoms with van der Waals surface area (Å²) in [5.41, 5.74) is 7.57. The number of likely N-dealkylation sites (N-methyl/N-ethyl adjacent to an activating group) is 1. The van der Waals surface area contributed by atoms with Gasteiger partial charge in [0.15, 0.2) is 0 Å².